The highest BCUT2D eigenvalue weighted by molar-refractivity contribution is 5.45. The predicted molar refractivity (Wildman–Crippen MR) is 71.7 cm³/mol. The Morgan fingerprint density at radius 3 is 2.67 bits per heavy atom. The topological polar surface area (TPSA) is 16.1 Å². The van der Waals surface area contributed by atoms with Crippen LogP contribution < -0.4 is 4.90 Å². The molecule has 1 atom stereocenters. The Kier molecular flexibility index (Phi) is 2.80. The highest BCUT2D eigenvalue weighted by Crippen LogP contribution is 2.47. The third kappa shape index (κ3) is 2.00. The Morgan fingerprint density at radius 1 is 1.44 bits per heavy atom. The van der Waals surface area contributed by atoms with Gasteiger partial charge in [0.15, 0.2) is 0 Å². The minimum atomic E-state index is -0.920. The van der Waals surface area contributed by atoms with Crippen molar-refractivity contribution in [1.82, 2.24) is 4.98 Å². The van der Waals surface area contributed by atoms with Gasteiger partial charge in [-0.1, -0.05) is 19.9 Å². The number of aromatic nitrogens is 1. The number of hydrogen-bond acceptors (Lipinski definition) is 2. The van der Waals surface area contributed by atoms with Gasteiger partial charge in [-0.25, -0.2) is 9.37 Å². The molecule has 3 heteroatoms. The first-order valence-corrected chi connectivity index (χ1v) is 7.02. The Hall–Kier alpha value is -1.12. The highest BCUT2D eigenvalue weighted by atomic mass is 19.1. The molecule has 0 spiro atoms. The minimum absolute atomic E-state index is 0.327. The van der Waals surface area contributed by atoms with Crippen LogP contribution in [0.25, 0.3) is 0 Å². The molecule has 18 heavy (non-hydrogen) atoms. The summed E-state index contributed by atoms with van der Waals surface area (Å²) in [6.45, 7) is 5.46. The molecule has 0 radical (unpaired) electrons. The summed E-state index contributed by atoms with van der Waals surface area (Å²) >= 11 is 0. The van der Waals surface area contributed by atoms with E-state index >= 15 is 0 Å². The number of anilines is 1. The van der Waals surface area contributed by atoms with Crippen molar-refractivity contribution < 1.29 is 4.39 Å². The summed E-state index contributed by atoms with van der Waals surface area (Å²) < 4.78 is 14.2. The Labute approximate surface area is 108 Å². The smallest absolute Gasteiger partial charge is 0.148 e. The molecular weight excluding hydrogens is 227 g/mol. The minimum Gasteiger partial charge on any atom is -0.350 e. The second kappa shape index (κ2) is 4.22. The Balaban J connectivity index is 1.64. The van der Waals surface area contributed by atoms with Gasteiger partial charge in [-0.3, -0.25) is 0 Å². The maximum atomic E-state index is 14.2. The van der Waals surface area contributed by atoms with E-state index in [0.717, 1.165) is 25.1 Å². The number of rotatable bonds is 4. The predicted octanol–water partition coefficient (Wildman–Crippen LogP) is 3.53. The maximum Gasteiger partial charge on any atom is 0.148 e. The zero-order valence-electron chi connectivity index (χ0n) is 11.2. The molecule has 0 N–H and O–H groups in total. The summed E-state index contributed by atoms with van der Waals surface area (Å²) in [5.74, 6) is 1.80. The summed E-state index contributed by atoms with van der Waals surface area (Å²) in [7, 11) is 0. The van der Waals surface area contributed by atoms with Gasteiger partial charge < -0.3 is 4.90 Å². The van der Waals surface area contributed by atoms with Gasteiger partial charge in [0.1, 0.15) is 11.5 Å². The first-order valence-electron chi connectivity index (χ1n) is 7.02. The van der Waals surface area contributed by atoms with Gasteiger partial charge in [0.2, 0.25) is 0 Å². The van der Waals surface area contributed by atoms with Crippen LogP contribution in [0.5, 0.6) is 0 Å². The van der Waals surface area contributed by atoms with Crippen molar-refractivity contribution >= 4 is 5.82 Å². The molecule has 2 aliphatic rings. The van der Waals surface area contributed by atoms with E-state index in [0.29, 0.717) is 24.9 Å². The van der Waals surface area contributed by atoms with Crippen molar-refractivity contribution in [1.29, 1.82) is 0 Å². The molecule has 1 aromatic heterocycles. The van der Waals surface area contributed by atoms with Crippen molar-refractivity contribution in [3.8, 4) is 0 Å². The standard InChI is InChI=1S/C15H21FN2/c1-3-11(2)12-4-7-14(17-8-12)18-9-15(16,10-18)13-5-6-13/h4,7-8,11,13H,3,5-6,9-10H2,1-2H3. The van der Waals surface area contributed by atoms with E-state index < -0.39 is 5.67 Å². The van der Waals surface area contributed by atoms with Gasteiger partial charge in [0.25, 0.3) is 0 Å². The largest absolute Gasteiger partial charge is 0.350 e. The summed E-state index contributed by atoms with van der Waals surface area (Å²) in [5.41, 5.74) is 0.354. The van der Waals surface area contributed by atoms with Gasteiger partial charge in [-0.05, 0) is 42.7 Å². The molecule has 1 saturated carbocycles. The molecule has 1 saturated heterocycles. The lowest BCUT2D eigenvalue weighted by Gasteiger charge is -2.45. The molecule has 0 amide bonds. The van der Waals surface area contributed by atoms with Crippen LogP contribution in [0.2, 0.25) is 0 Å². The molecule has 1 aromatic rings. The molecular formula is C15H21FN2. The molecule has 1 unspecified atom stereocenters. The average Bonchev–Trinajstić information content (AvgIpc) is 3.19. The summed E-state index contributed by atoms with van der Waals surface area (Å²) in [4.78, 5) is 6.53. The lowest BCUT2D eigenvalue weighted by atomic mass is 9.90. The summed E-state index contributed by atoms with van der Waals surface area (Å²) in [5, 5.41) is 0. The second-order valence-electron chi connectivity index (χ2n) is 5.92. The van der Waals surface area contributed by atoms with E-state index in [9.17, 15) is 4.39 Å². The lowest BCUT2D eigenvalue weighted by Crippen LogP contribution is -2.60. The van der Waals surface area contributed by atoms with Crippen molar-refractivity contribution in [2.75, 3.05) is 18.0 Å². The van der Waals surface area contributed by atoms with Gasteiger partial charge in [0.05, 0.1) is 13.1 Å². The Bertz CT molecular complexity index is 419. The number of alkyl halides is 1. The first-order chi connectivity index (χ1) is 8.62. The van der Waals surface area contributed by atoms with Crippen molar-refractivity contribution in [3.05, 3.63) is 23.9 Å². The zero-order chi connectivity index (χ0) is 12.8. The number of pyridine rings is 1. The molecule has 2 nitrogen and oxygen atoms in total. The molecule has 0 bridgehead atoms. The molecule has 1 aliphatic carbocycles. The third-order valence-corrected chi connectivity index (χ3v) is 4.49. The lowest BCUT2D eigenvalue weighted by molar-refractivity contribution is 0.0925. The summed E-state index contributed by atoms with van der Waals surface area (Å²) in [6.07, 6.45) is 5.22. The Morgan fingerprint density at radius 2 is 2.17 bits per heavy atom. The summed E-state index contributed by atoms with van der Waals surface area (Å²) in [6, 6.07) is 4.17. The van der Waals surface area contributed by atoms with Crippen LogP contribution in [0, 0.1) is 5.92 Å². The maximum absolute atomic E-state index is 14.2. The number of halogens is 1. The van der Waals surface area contributed by atoms with E-state index in [2.05, 4.69) is 29.8 Å². The molecule has 98 valence electrons. The van der Waals surface area contributed by atoms with E-state index in [1.807, 2.05) is 12.3 Å². The van der Waals surface area contributed by atoms with Crippen LogP contribution in [-0.2, 0) is 0 Å². The van der Waals surface area contributed by atoms with Crippen LogP contribution in [0.4, 0.5) is 10.2 Å². The van der Waals surface area contributed by atoms with Crippen LogP contribution in [-0.4, -0.2) is 23.7 Å². The van der Waals surface area contributed by atoms with E-state index in [4.69, 9.17) is 0 Å². The van der Waals surface area contributed by atoms with Crippen LogP contribution in [0.3, 0.4) is 0 Å². The normalized spacial score (nSPS) is 23.6. The fourth-order valence-electron chi connectivity index (χ4n) is 2.72. The zero-order valence-corrected chi connectivity index (χ0v) is 11.2. The van der Waals surface area contributed by atoms with Gasteiger partial charge in [0, 0.05) is 6.20 Å². The van der Waals surface area contributed by atoms with Crippen LogP contribution >= 0.6 is 0 Å². The molecule has 1 aliphatic heterocycles. The van der Waals surface area contributed by atoms with Crippen molar-refractivity contribution in [2.24, 2.45) is 5.92 Å². The monoisotopic (exact) mass is 248 g/mol. The SMILES string of the molecule is CCC(C)c1ccc(N2CC(F)(C3CC3)C2)nc1. The van der Waals surface area contributed by atoms with Gasteiger partial charge in [-0.15, -0.1) is 0 Å². The quantitative estimate of drug-likeness (QED) is 0.810. The fourth-order valence-corrected chi connectivity index (χ4v) is 2.72. The first kappa shape index (κ1) is 11.9. The van der Waals surface area contributed by atoms with E-state index in [-0.39, 0.29) is 0 Å². The van der Waals surface area contributed by atoms with E-state index in [1.165, 1.54) is 5.56 Å². The highest BCUT2D eigenvalue weighted by Gasteiger charge is 2.54. The number of nitrogens with zero attached hydrogens (tertiary/aromatic N) is 2. The van der Waals surface area contributed by atoms with E-state index in [1.54, 1.807) is 0 Å². The second-order valence-corrected chi connectivity index (χ2v) is 5.92. The van der Waals surface area contributed by atoms with Crippen LogP contribution in [0.1, 0.15) is 44.6 Å². The number of hydrogen-bond donors (Lipinski definition) is 0. The molecule has 2 fully saturated rings. The van der Waals surface area contributed by atoms with Gasteiger partial charge >= 0.3 is 0 Å². The molecule has 0 aromatic carbocycles. The van der Waals surface area contributed by atoms with Gasteiger partial charge in [-0.2, -0.15) is 0 Å². The molecule has 3 rings (SSSR count). The average molecular weight is 248 g/mol. The fraction of sp³-hybridized carbons (Fsp3) is 0.667. The van der Waals surface area contributed by atoms with Crippen molar-refractivity contribution in [3.63, 3.8) is 0 Å². The third-order valence-electron chi connectivity index (χ3n) is 4.49. The van der Waals surface area contributed by atoms with Crippen LogP contribution in [0.15, 0.2) is 18.3 Å². The molecule has 2 heterocycles. The van der Waals surface area contributed by atoms with Crippen molar-refractivity contribution in [2.45, 2.75) is 44.7 Å².